The number of nitrogens with one attached hydrogen (secondary N) is 1. The number of rotatable bonds is 4. The highest BCUT2D eigenvalue weighted by atomic mass is 35.5. The smallest absolute Gasteiger partial charge is 0.295 e. The number of aromatic nitrogens is 3. The SMILES string of the molecule is Cc1cccc(-c2nc(C(=O)Nc3cccc(Cl)c3)nn2-c2ccccc2C)c1. The summed E-state index contributed by atoms with van der Waals surface area (Å²) >= 11 is 6.01. The van der Waals surface area contributed by atoms with Gasteiger partial charge >= 0.3 is 0 Å². The monoisotopic (exact) mass is 402 g/mol. The Hall–Kier alpha value is -3.44. The Balaban J connectivity index is 1.79. The Morgan fingerprint density at radius 1 is 0.966 bits per heavy atom. The minimum atomic E-state index is -0.395. The van der Waals surface area contributed by atoms with E-state index in [1.54, 1.807) is 28.9 Å². The number of anilines is 1. The first kappa shape index (κ1) is 18.9. The van der Waals surface area contributed by atoms with E-state index in [0.29, 0.717) is 16.5 Å². The third kappa shape index (κ3) is 4.05. The first-order valence-electron chi connectivity index (χ1n) is 9.18. The molecular weight excluding hydrogens is 384 g/mol. The zero-order valence-corrected chi connectivity index (χ0v) is 16.8. The van der Waals surface area contributed by atoms with Crippen molar-refractivity contribution in [2.75, 3.05) is 5.32 Å². The lowest BCUT2D eigenvalue weighted by molar-refractivity contribution is 0.101. The molecule has 6 heteroatoms. The average molecular weight is 403 g/mol. The molecule has 0 atom stereocenters. The van der Waals surface area contributed by atoms with Crippen LogP contribution in [0.2, 0.25) is 5.02 Å². The molecule has 4 rings (SSSR count). The Morgan fingerprint density at radius 2 is 1.76 bits per heavy atom. The van der Waals surface area contributed by atoms with E-state index in [1.165, 1.54) is 0 Å². The summed E-state index contributed by atoms with van der Waals surface area (Å²) in [5.41, 5.74) is 4.49. The van der Waals surface area contributed by atoms with E-state index >= 15 is 0 Å². The fourth-order valence-electron chi connectivity index (χ4n) is 3.10. The van der Waals surface area contributed by atoms with Crippen molar-refractivity contribution in [1.29, 1.82) is 0 Å². The van der Waals surface area contributed by atoms with Crippen LogP contribution < -0.4 is 5.32 Å². The molecule has 1 N–H and O–H groups in total. The summed E-state index contributed by atoms with van der Waals surface area (Å²) in [6, 6.07) is 22.8. The maximum atomic E-state index is 12.8. The third-order valence-corrected chi connectivity index (χ3v) is 4.75. The molecule has 0 aliphatic heterocycles. The largest absolute Gasteiger partial charge is 0.319 e. The highest BCUT2D eigenvalue weighted by molar-refractivity contribution is 6.30. The molecule has 0 saturated carbocycles. The van der Waals surface area contributed by atoms with Gasteiger partial charge in [0.2, 0.25) is 5.82 Å². The Morgan fingerprint density at radius 3 is 2.52 bits per heavy atom. The number of carbonyl (C=O) groups is 1. The van der Waals surface area contributed by atoms with Crippen LogP contribution in [-0.4, -0.2) is 20.7 Å². The number of amides is 1. The van der Waals surface area contributed by atoms with Crippen molar-refractivity contribution < 1.29 is 4.79 Å². The molecule has 0 aliphatic rings. The van der Waals surface area contributed by atoms with Gasteiger partial charge in [-0.15, -0.1) is 5.10 Å². The minimum absolute atomic E-state index is 0.0877. The molecule has 0 saturated heterocycles. The Labute approximate surface area is 174 Å². The number of para-hydroxylation sites is 1. The highest BCUT2D eigenvalue weighted by Gasteiger charge is 2.20. The molecule has 0 bridgehead atoms. The number of hydrogen-bond acceptors (Lipinski definition) is 3. The van der Waals surface area contributed by atoms with Crippen LogP contribution in [0.1, 0.15) is 21.7 Å². The number of hydrogen-bond donors (Lipinski definition) is 1. The lowest BCUT2D eigenvalue weighted by Gasteiger charge is -2.09. The van der Waals surface area contributed by atoms with Crippen molar-refractivity contribution in [1.82, 2.24) is 14.8 Å². The van der Waals surface area contributed by atoms with Gasteiger partial charge in [-0.3, -0.25) is 4.79 Å². The molecule has 144 valence electrons. The van der Waals surface area contributed by atoms with Gasteiger partial charge in [-0.05, 0) is 49.7 Å². The second-order valence-corrected chi connectivity index (χ2v) is 7.23. The van der Waals surface area contributed by atoms with Crippen molar-refractivity contribution >= 4 is 23.2 Å². The first-order valence-corrected chi connectivity index (χ1v) is 9.56. The number of halogens is 1. The maximum absolute atomic E-state index is 12.8. The molecule has 4 aromatic rings. The van der Waals surface area contributed by atoms with Crippen molar-refractivity contribution in [3.05, 3.63) is 94.8 Å². The van der Waals surface area contributed by atoms with Crippen LogP contribution in [0.3, 0.4) is 0 Å². The van der Waals surface area contributed by atoms with Crippen molar-refractivity contribution in [2.45, 2.75) is 13.8 Å². The van der Waals surface area contributed by atoms with Crippen LogP contribution >= 0.6 is 11.6 Å². The van der Waals surface area contributed by atoms with Crippen LogP contribution in [0.4, 0.5) is 5.69 Å². The van der Waals surface area contributed by atoms with Gasteiger partial charge in [0.15, 0.2) is 5.82 Å². The molecular formula is C23H19ClN4O. The number of aryl methyl sites for hydroxylation is 2. The molecule has 0 fully saturated rings. The summed E-state index contributed by atoms with van der Waals surface area (Å²) in [5, 5.41) is 7.88. The van der Waals surface area contributed by atoms with Crippen molar-refractivity contribution in [3.8, 4) is 17.1 Å². The molecule has 3 aromatic carbocycles. The van der Waals surface area contributed by atoms with E-state index in [-0.39, 0.29) is 5.82 Å². The Kier molecular flexibility index (Phi) is 5.14. The van der Waals surface area contributed by atoms with E-state index in [1.807, 2.05) is 62.4 Å². The zero-order valence-electron chi connectivity index (χ0n) is 16.1. The molecule has 1 aromatic heterocycles. The molecule has 29 heavy (non-hydrogen) atoms. The predicted octanol–water partition coefficient (Wildman–Crippen LogP) is 5.46. The highest BCUT2D eigenvalue weighted by Crippen LogP contribution is 2.24. The summed E-state index contributed by atoms with van der Waals surface area (Å²) in [6.45, 7) is 4.02. The normalized spacial score (nSPS) is 10.7. The van der Waals surface area contributed by atoms with E-state index in [9.17, 15) is 4.79 Å². The summed E-state index contributed by atoms with van der Waals surface area (Å²) in [6.07, 6.45) is 0. The van der Waals surface area contributed by atoms with Gasteiger partial charge < -0.3 is 5.32 Å². The fraction of sp³-hybridized carbons (Fsp3) is 0.0870. The van der Waals surface area contributed by atoms with Crippen LogP contribution in [0.5, 0.6) is 0 Å². The topological polar surface area (TPSA) is 59.8 Å². The van der Waals surface area contributed by atoms with Gasteiger partial charge in [0, 0.05) is 16.3 Å². The number of benzene rings is 3. The van der Waals surface area contributed by atoms with Gasteiger partial charge in [-0.2, -0.15) is 0 Å². The molecule has 0 aliphatic carbocycles. The molecule has 0 radical (unpaired) electrons. The number of carbonyl (C=O) groups excluding carboxylic acids is 1. The van der Waals surface area contributed by atoms with Gasteiger partial charge in [0.25, 0.3) is 5.91 Å². The van der Waals surface area contributed by atoms with Gasteiger partial charge in [-0.25, -0.2) is 9.67 Å². The first-order chi connectivity index (χ1) is 14.0. The quantitative estimate of drug-likeness (QED) is 0.493. The molecule has 0 spiro atoms. The lowest BCUT2D eigenvalue weighted by atomic mass is 10.1. The van der Waals surface area contributed by atoms with E-state index in [2.05, 4.69) is 15.4 Å². The van der Waals surface area contributed by atoms with E-state index in [4.69, 9.17) is 11.6 Å². The van der Waals surface area contributed by atoms with Gasteiger partial charge in [0.05, 0.1) is 5.69 Å². The molecule has 1 amide bonds. The van der Waals surface area contributed by atoms with Crippen LogP contribution in [0, 0.1) is 13.8 Å². The van der Waals surface area contributed by atoms with E-state index in [0.717, 1.165) is 22.4 Å². The average Bonchev–Trinajstić information content (AvgIpc) is 3.14. The van der Waals surface area contributed by atoms with Crippen molar-refractivity contribution in [3.63, 3.8) is 0 Å². The van der Waals surface area contributed by atoms with Crippen molar-refractivity contribution in [2.24, 2.45) is 0 Å². The standard InChI is InChI=1S/C23H19ClN4O/c1-15-7-5-9-17(13-15)22-26-21(23(29)25-19-11-6-10-18(24)14-19)27-28(22)20-12-4-3-8-16(20)2/h3-14H,1-2H3,(H,25,29). The summed E-state index contributed by atoms with van der Waals surface area (Å²) in [5.74, 6) is 0.303. The van der Waals surface area contributed by atoms with Gasteiger partial charge in [-0.1, -0.05) is 59.6 Å². The zero-order chi connectivity index (χ0) is 20.4. The van der Waals surface area contributed by atoms with Crippen LogP contribution in [0.15, 0.2) is 72.8 Å². The summed E-state index contributed by atoms with van der Waals surface area (Å²) in [7, 11) is 0. The molecule has 5 nitrogen and oxygen atoms in total. The van der Waals surface area contributed by atoms with Crippen LogP contribution in [-0.2, 0) is 0 Å². The van der Waals surface area contributed by atoms with E-state index < -0.39 is 5.91 Å². The second-order valence-electron chi connectivity index (χ2n) is 6.79. The fourth-order valence-corrected chi connectivity index (χ4v) is 3.29. The second kappa shape index (κ2) is 7.89. The van der Waals surface area contributed by atoms with Crippen LogP contribution in [0.25, 0.3) is 17.1 Å². The summed E-state index contributed by atoms with van der Waals surface area (Å²) < 4.78 is 1.72. The lowest BCUT2D eigenvalue weighted by Crippen LogP contribution is -2.14. The third-order valence-electron chi connectivity index (χ3n) is 4.51. The predicted molar refractivity (Wildman–Crippen MR) is 116 cm³/mol. The molecule has 1 heterocycles. The summed E-state index contributed by atoms with van der Waals surface area (Å²) in [4.78, 5) is 17.4. The minimum Gasteiger partial charge on any atom is -0.319 e. The van der Waals surface area contributed by atoms with Gasteiger partial charge in [0.1, 0.15) is 0 Å². The molecule has 0 unspecified atom stereocenters. The number of nitrogens with zero attached hydrogens (tertiary/aromatic N) is 3. The Bertz CT molecular complexity index is 1200. The maximum Gasteiger partial charge on any atom is 0.295 e.